The topological polar surface area (TPSA) is 93.5 Å². The molecule has 0 spiro atoms. The van der Waals surface area contributed by atoms with Crippen molar-refractivity contribution < 1.29 is 9.47 Å². The first kappa shape index (κ1) is 20.8. The Hall–Kier alpha value is -3.76. The summed E-state index contributed by atoms with van der Waals surface area (Å²) in [5, 5.41) is 8.94. The van der Waals surface area contributed by atoms with E-state index in [9.17, 15) is 0 Å². The Bertz CT molecular complexity index is 1260. The van der Waals surface area contributed by atoms with Crippen LogP contribution in [0, 0.1) is 0 Å². The monoisotopic (exact) mass is 458 g/mol. The summed E-state index contributed by atoms with van der Waals surface area (Å²) in [6.45, 7) is 6.35. The van der Waals surface area contributed by atoms with Gasteiger partial charge in [-0.05, 0) is 42.5 Å². The molecular formula is C24H26N8O2. The number of rotatable bonds is 5. The number of ether oxygens (including phenoxy) is 2. The lowest BCUT2D eigenvalue weighted by Gasteiger charge is -2.28. The normalized spacial score (nSPS) is 16.7. The van der Waals surface area contributed by atoms with Crippen molar-refractivity contribution in [2.75, 3.05) is 67.7 Å². The van der Waals surface area contributed by atoms with E-state index in [0.29, 0.717) is 19.2 Å². The number of anilines is 4. The van der Waals surface area contributed by atoms with Crippen LogP contribution in [0.25, 0.3) is 16.6 Å². The number of nitrogens with one attached hydrogen (secondary N) is 1. The average Bonchev–Trinajstić information content (AvgIpc) is 3.40. The lowest BCUT2D eigenvalue weighted by atomic mass is 10.2. The van der Waals surface area contributed by atoms with Gasteiger partial charge in [0.1, 0.15) is 6.33 Å². The number of fused-ring (bicyclic) bond motifs is 1. The molecule has 0 saturated carbocycles. The number of hydrogen-bond donors (Lipinski definition) is 1. The minimum Gasteiger partial charge on any atom is -0.378 e. The fraction of sp³-hybridized carbons (Fsp3) is 0.333. The maximum Gasteiger partial charge on any atom is 0.245 e. The lowest BCUT2D eigenvalue weighted by molar-refractivity contribution is 0.122. The molecule has 2 saturated heterocycles. The molecule has 2 aliphatic rings. The molecule has 0 bridgehead atoms. The number of hydrogen-bond acceptors (Lipinski definition) is 9. The summed E-state index contributed by atoms with van der Waals surface area (Å²) < 4.78 is 12.7. The highest BCUT2D eigenvalue weighted by molar-refractivity contribution is 5.83. The van der Waals surface area contributed by atoms with Crippen molar-refractivity contribution in [1.29, 1.82) is 0 Å². The molecule has 4 aromatic rings. The minimum atomic E-state index is 0.565. The molecule has 10 nitrogen and oxygen atoms in total. The predicted octanol–water partition coefficient (Wildman–Crippen LogP) is 2.63. The summed E-state index contributed by atoms with van der Waals surface area (Å²) in [4.78, 5) is 18.1. The van der Waals surface area contributed by atoms with Gasteiger partial charge >= 0.3 is 0 Å². The van der Waals surface area contributed by atoms with E-state index in [0.717, 1.165) is 73.3 Å². The van der Waals surface area contributed by atoms with Crippen LogP contribution in [-0.2, 0) is 9.47 Å². The van der Waals surface area contributed by atoms with Crippen LogP contribution in [0.2, 0.25) is 0 Å². The van der Waals surface area contributed by atoms with Crippen LogP contribution in [0.5, 0.6) is 0 Å². The van der Waals surface area contributed by atoms with Gasteiger partial charge in [-0.1, -0.05) is 0 Å². The van der Waals surface area contributed by atoms with Gasteiger partial charge in [0.05, 0.1) is 37.6 Å². The van der Waals surface area contributed by atoms with Crippen LogP contribution in [-0.4, -0.2) is 77.3 Å². The second-order valence-electron chi connectivity index (χ2n) is 8.30. The molecule has 2 fully saturated rings. The van der Waals surface area contributed by atoms with E-state index in [2.05, 4.69) is 48.4 Å². The Morgan fingerprint density at radius 2 is 1.47 bits per heavy atom. The van der Waals surface area contributed by atoms with E-state index in [-0.39, 0.29) is 0 Å². The van der Waals surface area contributed by atoms with Crippen LogP contribution in [0.3, 0.4) is 0 Å². The van der Waals surface area contributed by atoms with Gasteiger partial charge in [-0.15, -0.1) is 5.10 Å². The zero-order chi connectivity index (χ0) is 22.7. The van der Waals surface area contributed by atoms with Gasteiger partial charge in [0, 0.05) is 49.1 Å². The van der Waals surface area contributed by atoms with Crippen LogP contribution >= 0.6 is 0 Å². The van der Waals surface area contributed by atoms with Crippen molar-refractivity contribution in [3.63, 3.8) is 0 Å². The number of aromatic nitrogens is 5. The third-order valence-electron chi connectivity index (χ3n) is 6.10. The smallest absolute Gasteiger partial charge is 0.245 e. The highest BCUT2D eigenvalue weighted by atomic mass is 16.5. The van der Waals surface area contributed by atoms with Crippen LogP contribution in [0.4, 0.5) is 23.3 Å². The molecule has 0 aliphatic carbocycles. The van der Waals surface area contributed by atoms with E-state index >= 15 is 0 Å². The predicted molar refractivity (Wildman–Crippen MR) is 130 cm³/mol. The Kier molecular flexibility index (Phi) is 5.66. The van der Waals surface area contributed by atoms with Crippen molar-refractivity contribution in [2.24, 2.45) is 0 Å². The molecule has 6 rings (SSSR count). The summed E-state index contributed by atoms with van der Waals surface area (Å²) in [6, 6.07) is 14.3. The first-order valence-electron chi connectivity index (χ1n) is 11.5. The summed E-state index contributed by atoms with van der Waals surface area (Å²) >= 11 is 0. The maximum atomic E-state index is 5.47. The third kappa shape index (κ3) is 4.37. The van der Waals surface area contributed by atoms with E-state index in [1.54, 1.807) is 11.0 Å². The Labute approximate surface area is 197 Å². The van der Waals surface area contributed by atoms with E-state index < -0.39 is 0 Å². The van der Waals surface area contributed by atoms with Crippen molar-refractivity contribution in [1.82, 2.24) is 24.7 Å². The SMILES string of the molecule is c1cc(-n2cnc(N3CCOCC3)n2)ccc1Nc1ncc2ccc(N3CCOCC3)cc2n1. The largest absolute Gasteiger partial charge is 0.378 e. The van der Waals surface area contributed by atoms with Gasteiger partial charge in [0.2, 0.25) is 11.9 Å². The third-order valence-corrected chi connectivity index (χ3v) is 6.10. The van der Waals surface area contributed by atoms with Crippen LogP contribution in [0.15, 0.2) is 55.0 Å². The molecule has 0 atom stereocenters. The standard InChI is InChI=1S/C24H26N8O2/c1-4-21(30-7-11-33-12-8-30)15-22-18(1)16-25-23(28-22)27-19-2-5-20(6-3-19)32-17-26-24(29-32)31-9-13-34-14-10-31/h1-6,15-17H,7-14H2,(H,25,27,28). The fourth-order valence-electron chi connectivity index (χ4n) is 4.20. The minimum absolute atomic E-state index is 0.565. The van der Waals surface area contributed by atoms with Gasteiger partial charge in [-0.3, -0.25) is 0 Å². The first-order chi connectivity index (χ1) is 16.8. The van der Waals surface area contributed by atoms with Crippen molar-refractivity contribution >= 4 is 34.2 Å². The highest BCUT2D eigenvalue weighted by Gasteiger charge is 2.15. The maximum absolute atomic E-state index is 5.47. The molecule has 2 aromatic heterocycles. The summed E-state index contributed by atoms with van der Waals surface area (Å²) in [5.74, 6) is 1.29. The lowest BCUT2D eigenvalue weighted by Crippen LogP contribution is -2.37. The second-order valence-corrected chi connectivity index (χ2v) is 8.30. The molecule has 0 unspecified atom stereocenters. The number of morpholine rings is 2. The molecule has 1 N–H and O–H groups in total. The van der Waals surface area contributed by atoms with Crippen molar-refractivity contribution in [3.05, 3.63) is 55.0 Å². The number of nitrogens with zero attached hydrogens (tertiary/aromatic N) is 7. The Morgan fingerprint density at radius 3 is 2.24 bits per heavy atom. The van der Waals surface area contributed by atoms with Crippen molar-refractivity contribution in [2.45, 2.75) is 0 Å². The molecule has 4 heterocycles. The van der Waals surface area contributed by atoms with Crippen molar-refractivity contribution in [3.8, 4) is 5.69 Å². The average molecular weight is 459 g/mol. The summed E-state index contributed by atoms with van der Waals surface area (Å²) in [7, 11) is 0. The molecule has 2 aliphatic heterocycles. The Morgan fingerprint density at radius 1 is 0.765 bits per heavy atom. The molecular weight excluding hydrogens is 432 g/mol. The zero-order valence-electron chi connectivity index (χ0n) is 18.8. The number of benzene rings is 2. The summed E-state index contributed by atoms with van der Waals surface area (Å²) in [6.07, 6.45) is 3.59. The second kappa shape index (κ2) is 9.24. The van der Waals surface area contributed by atoms with Gasteiger partial charge in [0.25, 0.3) is 0 Å². The quantitative estimate of drug-likeness (QED) is 0.484. The highest BCUT2D eigenvalue weighted by Crippen LogP contribution is 2.23. The molecule has 2 aromatic carbocycles. The van der Waals surface area contributed by atoms with Gasteiger partial charge in [-0.2, -0.15) is 4.98 Å². The molecule has 174 valence electrons. The van der Waals surface area contributed by atoms with Crippen LogP contribution < -0.4 is 15.1 Å². The van der Waals surface area contributed by atoms with Gasteiger partial charge < -0.3 is 24.6 Å². The first-order valence-corrected chi connectivity index (χ1v) is 11.5. The fourth-order valence-corrected chi connectivity index (χ4v) is 4.20. The Balaban J connectivity index is 1.17. The van der Waals surface area contributed by atoms with Crippen LogP contribution in [0.1, 0.15) is 0 Å². The van der Waals surface area contributed by atoms with E-state index in [1.807, 2.05) is 30.5 Å². The molecule has 0 radical (unpaired) electrons. The zero-order valence-corrected chi connectivity index (χ0v) is 18.8. The van der Waals surface area contributed by atoms with Gasteiger partial charge in [-0.25, -0.2) is 14.6 Å². The molecule has 0 amide bonds. The van der Waals surface area contributed by atoms with E-state index in [1.165, 1.54) is 0 Å². The molecule has 34 heavy (non-hydrogen) atoms. The van der Waals surface area contributed by atoms with Gasteiger partial charge in [0.15, 0.2) is 0 Å². The summed E-state index contributed by atoms with van der Waals surface area (Å²) in [5.41, 5.74) is 3.92. The van der Waals surface area contributed by atoms with E-state index in [4.69, 9.17) is 14.5 Å². The molecule has 10 heteroatoms.